The van der Waals surface area contributed by atoms with E-state index < -0.39 is 0 Å². The number of nitrogens with zero attached hydrogens (tertiary/aromatic N) is 2. The summed E-state index contributed by atoms with van der Waals surface area (Å²) in [5.74, 6) is 1.98. The lowest BCUT2D eigenvalue weighted by molar-refractivity contribution is -0.936. The Hall–Kier alpha value is -2.27. The number of nitrogens with one attached hydrogen (secondary N) is 2. The second kappa shape index (κ2) is 4.13. The molecule has 0 spiro atoms. The molecule has 0 saturated carbocycles. The molecule has 2 aromatic heterocycles. The minimum atomic E-state index is 0.865. The summed E-state index contributed by atoms with van der Waals surface area (Å²) in [4.78, 5) is 6.01. The van der Waals surface area contributed by atoms with E-state index in [1.54, 1.807) is 6.26 Å². The number of imidazole rings is 1. The predicted octanol–water partition coefficient (Wildman–Crippen LogP) is 1.05. The first-order chi connectivity index (χ1) is 9.40. The van der Waals surface area contributed by atoms with Crippen LogP contribution in [0.4, 0.5) is 5.95 Å². The molecule has 4 rings (SSSR count). The van der Waals surface area contributed by atoms with Crippen molar-refractivity contribution in [1.29, 1.82) is 0 Å². The Morgan fingerprint density at radius 2 is 2.21 bits per heavy atom. The number of hydrogen-bond acceptors (Lipinski definition) is 3. The number of fused-ring (bicyclic) bond motifs is 3. The van der Waals surface area contributed by atoms with Crippen LogP contribution in [0.2, 0.25) is 0 Å². The van der Waals surface area contributed by atoms with Crippen molar-refractivity contribution in [3.63, 3.8) is 0 Å². The number of aromatic nitrogens is 2. The van der Waals surface area contributed by atoms with E-state index in [0.717, 1.165) is 37.1 Å². The lowest BCUT2D eigenvalue weighted by atomic mass is 10.3. The van der Waals surface area contributed by atoms with Gasteiger partial charge in [-0.1, -0.05) is 12.1 Å². The molecule has 1 atom stereocenters. The minimum Gasteiger partial charge on any atom is -0.463 e. The molecule has 0 bridgehead atoms. The highest BCUT2D eigenvalue weighted by molar-refractivity contribution is 5.78. The summed E-state index contributed by atoms with van der Waals surface area (Å²) in [6.07, 6.45) is 1.73. The van der Waals surface area contributed by atoms with Crippen LogP contribution in [0.15, 0.2) is 47.1 Å². The number of hydrogen-bond donors (Lipinski definition) is 2. The fraction of sp³-hybridized carbons (Fsp3) is 0.214. The van der Waals surface area contributed by atoms with Gasteiger partial charge in [0.05, 0.1) is 17.3 Å². The largest absolute Gasteiger partial charge is 0.463 e. The van der Waals surface area contributed by atoms with Gasteiger partial charge in [0.15, 0.2) is 19.1 Å². The van der Waals surface area contributed by atoms with Crippen molar-refractivity contribution in [1.82, 2.24) is 9.55 Å². The molecule has 3 heterocycles. The quantitative estimate of drug-likeness (QED) is 0.719. The van der Waals surface area contributed by atoms with Crippen molar-refractivity contribution in [2.45, 2.75) is 13.2 Å². The zero-order valence-electron chi connectivity index (χ0n) is 10.5. The Morgan fingerprint density at radius 3 is 3.11 bits per heavy atom. The van der Waals surface area contributed by atoms with Crippen LogP contribution in [0.5, 0.6) is 0 Å². The lowest BCUT2D eigenvalue weighted by Crippen LogP contribution is -3.12. The molecule has 19 heavy (non-hydrogen) atoms. The van der Waals surface area contributed by atoms with Gasteiger partial charge in [0.2, 0.25) is 5.95 Å². The van der Waals surface area contributed by atoms with Gasteiger partial charge in [0.1, 0.15) is 6.54 Å². The Labute approximate surface area is 110 Å². The highest BCUT2D eigenvalue weighted by Gasteiger charge is 2.22. The van der Waals surface area contributed by atoms with Gasteiger partial charge in [-0.3, -0.25) is 9.47 Å². The molecule has 1 aliphatic rings. The molecule has 1 aromatic carbocycles. The number of rotatable bonds is 2. The first-order valence-corrected chi connectivity index (χ1v) is 6.45. The average molecular weight is 255 g/mol. The molecule has 5 nitrogen and oxygen atoms in total. The van der Waals surface area contributed by atoms with Crippen molar-refractivity contribution in [2.24, 2.45) is 0 Å². The van der Waals surface area contributed by atoms with Gasteiger partial charge < -0.3 is 9.73 Å². The van der Waals surface area contributed by atoms with Crippen LogP contribution >= 0.6 is 0 Å². The fourth-order valence-electron chi connectivity index (χ4n) is 2.63. The van der Waals surface area contributed by atoms with Gasteiger partial charge in [-0.2, -0.15) is 0 Å². The highest BCUT2D eigenvalue weighted by Crippen LogP contribution is 2.19. The van der Waals surface area contributed by atoms with Crippen molar-refractivity contribution >= 4 is 17.0 Å². The van der Waals surface area contributed by atoms with E-state index in [1.807, 2.05) is 18.2 Å². The molecular formula is C14H15N4O+. The second-order valence-electron chi connectivity index (χ2n) is 4.87. The van der Waals surface area contributed by atoms with Gasteiger partial charge in [0, 0.05) is 0 Å². The van der Waals surface area contributed by atoms with Gasteiger partial charge >= 0.3 is 0 Å². The van der Waals surface area contributed by atoms with Crippen LogP contribution < -0.4 is 10.2 Å². The van der Waals surface area contributed by atoms with Crippen molar-refractivity contribution in [2.75, 3.05) is 12.0 Å². The normalized spacial score (nSPS) is 18.2. The van der Waals surface area contributed by atoms with Crippen molar-refractivity contribution < 1.29 is 9.32 Å². The molecule has 5 heteroatoms. The van der Waals surface area contributed by atoms with Crippen LogP contribution in [0.25, 0.3) is 11.0 Å². The smallest absolute Gasteiger partial charge is 0.212 e. The molecule has 2 N–H and O–H groups in total. The Kier molecular flexibility index (Phi) is 2.31. The number of anilines is 1. The first-order valence-electron chi connectivity index (χ1n) is 6.45. The van der Waals surface area contributed by atoms with Crippen molar-refractivity contribution in [3.8, 4) is 0 Å². The van der Waals surface area contributed by atoms with E-state index in [0.29, 0.717) is 0 Å². The number of benzene rings is 1. The number of quaternary nitrogens is 1. The maximum atomic E-state index is 5.42. The minimum absolute atomic E-state index is 0.865. The van der Waals surface area contributed by atoms with Gasteiger partial charge in [-0.05, 0) is 24.3 Å². The van der Waals surface area contributed by atoms with E-state index in [2.05, 4.69) is 33.1 Å². The summed E-state index contributed by atoms with van der Waals surface area (Å²) in [6.45, 7) is 2.65. The SMILES string of the molecule is c1coc(C[NH+]2CNc3nc4ccccc4n3C2)c1. The van der Waals surface area contributed by atoms with Crippen LogP contribution in [-0.2, 0) is 13.2 Å². The highest BCUT2D eigenvalue weighted by atomic mass is 16.3. The molecule has 0 aliphatic carbocycles. The first kappa shape index (κ1) is 10.6. The summed E-state index contributed by atoms with van der Waals surface area (Å²) < 4.78 is 7.65. The van der Waals surface area contributed by atoms with E-state index in [1.165, 1.54) is 10.4 Å². The molecule has 96 valence electrons. The Balaban J connectivity index is 1.65. The second-order valence-corrected chi connectivity index (χ2v) is 4.87. The molecule has 0 saturated heterocycles. The Bertz CT molecular complexity index is 701. The fourth-order valence-corrected chi connectivity index (χ4v) is 2.63. The third-order valence-corrected chi connectivity index (χ3v) is 3.54. The van der Waals surface area contributed by atoms with Crippen LogP contribution in [-0.4, -0.2) is 16.2 Å². The van der Waals surface area contributed by atoms with E-state index in [9.17, 15) is 0 Å². The van der Waals surface area contributed by atoms with Crippen LogP contribution in [0.3, 0.4) is 0 Å². The number of para-hydroxylation sites is 2. The van der Waals surface area contributed by atoms with E-state index >= 15 is 0 Å². The van der Waals surface area contributed by atoms with Gasteiger partial charge in [-0.15, -0.1) is 0 Å². The molecule has 1 unspecified atom stereocenters. The molecule has 0 amide bonds. The third-order valence-electron chi connectivity index (χ3n) is 3.54. The average Bonchev–Trinajstić information content (AvgIpc) is 3.06. The monoisotopic (exact) mass is 255 g/mol. The summed E-state index contributed by atoms with van der Waals surface area (Å²) in [5, 5.41) is 3.39. The summed E-state index contributed by atoms with van der Waals surface area (Å²) in [7, 11) is 0. The van der Waals surface area contributed by atoms with E-state index in [4.69, 9.17) is 4.42 Å². The molecule has 3 aromatic rings. The molecule has 0 fully saturated rings. The molecule has 0 radical (unpaired) electrons. The Morgan fingerprint density at radius 1 is 1.26 bits per heavy atom. The third kappa shape index (κ3) is 1.79. The van der Waals surface area contributed by atoms with Gasteiger partial charge in [-0.25, -0.2) is 4.98 Å². The summed E-state index contributed by atoms with van der Waals surface area (Å²) in [6, 6.07) is 12.2. The summed E-state index contributed by atoms with van der Waals surface area (Å²) in [5.41, 5.74) is 2.23. The zero-order valence-corrected chi connectivity index (χ0v) is 10.5. The van der Waals surface area contributed by atoms with Gasteiger partial charge in [0.25, 0.3) is 0 Å². The number of furan rings is 1. The molecular weight excluding hydrogens is 240 g/mol. The van der Waals surface area contributed by atoms with Crippen molar-refractivity contribution in [3.05, 3.63) is 48.4 Å². The maximum absolute atomic E-state index is 5.42. The standard InChI is InChI=1S/C14H14N4O/c1-2-6-13-12(5-1)16-14-15-9-17(10-18(13)14)8-11-4-3-7-19-11/h1-7H,8-10H2,(H,15,16)/p+1. The van der Waals surface area contributed by atoms with E-state index in [-0.39, 0.29) is 0 Å². The zero-order chi connectivity index (χ0) is 12.7. The van der Waals surface area contributed by atoms with Crippen LogP contribution in [0.1, 0.15) is 5.76 Å². The molecule has 1 aliphatic heterocycles. The van der Waals surface area contributed by atoms with Crippen LogP contribution in [0, 0.1) is 0 Å². The lowest BCUT2D eigenvalue weighted by Gasteiger charge is -2.25. The summed E-state index contributed by atoms with van der Waals surface area (Å²) >= 11 is 0. The maximum Gasteiger partial charge on any atom is 0.212 e. The predicted molar refractivity (Wildman–Crippen MR) is 71.6 cm³/mol. The topological polar surface area (TPSA) is 47.4 Å².